The Morgan fingerprint density at radius 3 is 2.37 bits per heavy atom. The third-order valence-corrected chi connectivity index (χ3v) is 9.12. The fraction of sp³-hybridized carbons (Fsp3) is 0.500. The van der Waals surface area contributed by atoms with Gasteiger partial charge in [0.15, 0.2) is 23.1 Å². The minimum Gasteiger partial charge on any atom is -0.486 e. The minimum absolute atomic E-state index is 0.00206. The second kappa shape index (κ2) is 10.7. The average molecular weight is 554 g/mol. The molecule has 0 radical (unpaired) electrons. The molecule has 38 heavy (non-hydrogen) atoms. The van der Waals surface area contributed by atoms with Gasteiger partial charge in [0, 0.05) is 43.2 Å². The molecule has 0 saturated carbocycles. The number of amides is 1. The number of rotatable bonds is 8. The maximum atomic E-state index is 14.1. The summed E-state index contributed by atoms with van der Waals surface area (Å²) in [6.45, 7) is 0.686. The number of benzene rings is 2. The van der Waals surface area contributed by atoms with Crippen molar-refractivity contribution in [1.29, 1.82) is 0 Å². The molecule has 3 aliphatic heterocycles. The predicted octanol–water partition coefficient (Wildman–Crippen LogP) is 2.88. The summed E-state index contributed by atoms with van der Waals surface area (Å²) in [5, 5.41) is 0. The fourth-order valence-corrected chi connectivity index (χ4v) is 6.86. The van der Waals surface area contributed by atoms with Gasteiger partial charge in [-0.15, -0.1) is 0 Å². The molecule has 3 N–H and O–H groups in total. The first kappa shape index (κ1) is 26.8. The van der Waals surface area contributed by atoms with Gasteiger partial charge >= 0.3 is 0 Å². The second-order valence-corrected chi connectivity index (χ2v) is 11.9. The third kappa shape index (κ3) is 5.48. The molecule has 1 amide bonds. The lowest BCUT2D eigenvalue weighted by Gasteiger charge is -2.41. The standard InChI is InChI=1S/C26H30F3N3O5S/c27-20-14-22(29)21(28)11-15(20)12-23(30)16-9-17-1-2-18(10-16)32(17)26(33)5-6-31-38(34,35)19-3-4-24-25(13-19)37-8-7-36-24/h3-4,11,13-14,16-18,23,31H,1-2,5-10,12,30H2/t16-,17-,18+,23-/m1/s1. The van der Waals surface area contributed by atoms with Crippen molar-refractivity contribution in [1.82, 2.24) is 9.62 Å². The van der Waals surface area contributed by atoms with Crippen LogP contribution in [0.1, 0.15) is 37.7 Å². The van der Waals surface area contributed by atoms with Crippen molar-refractivity contribution in [2.24, 2.45) is 11.7 Å². The number of fused-ring (bicyclic) bond motifs is 3. The highest BCUT2D eigenvalue weighted by Gasteiger charge is 2.44. The van der Waals surface area contributed by atoms with E-state index < -0.39 is 33.5 Å². The van der Waals surface area contributed by atoms with Gasteiger partial charge < -0.3 is 20.1 Å². The van der Waals surface area contributed by atoms with Gasteiger partial charge in [-0.25, -0.2) is 26.3 Å². The van der Waals surface area contributed by atoms with E-state index in [-0.39, 0.29) is 53.8 Å². The number of piperidine rings is 1. The summed E-state index contributed by atoms with van der Waals surface area (Å²) in [6.07, 6.45) is 2.94. The van der Waals surface area contributed by atoms with Crippen LogP contribution in [0.3, 0.4) is 0 Å². The fourth-order valence-electron chi connectivity index (χ4n) is 5.81. The molecule has 206 valence electrons. The summed E-state index contributed by atoms with van der Waals surface area (Å²) in [6, 6.07) is 5.21. The molecule has 4 atom stereocenters. The van der Waals surface area contributed by atoms with E-state index >= 15 is 0 Å². The van der Waals surface area contributed by atoms with Crippen LogP contribution < -0.4 is 19.9 Å². The largest absolute Gasteiger partial charge is 0.486 e. The highest BCUT2D eigenvalue weighted by molar-refractivity contribution is 7.89. The van der Waals surface area contributed by atoms with Gasteiger partial charge in [-0.1, -0.05) is 0 Å². The molecule has 3 aliphatic rings. The van der Waals surface area contributed by atoms with Crippen LogP contribution in [0.15, 0.2) is 35.2 Å². The van der Waals surface area contributed by atoms with E-state index in [1.54, 1.807) is 6.07 Å². The summed E-state index contributed by atoms with van der Waals surface area (Å²) in [5.74, 6) is -2.47. The molecule has 0 spiro atoms. The molecule has 0 unspecified atom stereocenters. The molecule has 2 fully saturated rings. The van der Waals surface area contributed by atoms with Gasteiger partial charge in [-0.05, 0) is 61.8 Å². The Labute approximate surface area is 219 Å². The molecule has 12 heteroatoms. The summed E-state index contributed by atoms with van der Waals surface area (Å²) < 4.78 is 79.8. The van der Waals surface area contributed by atoms with Crippen LogP contribution in [-0.2, 0) is 21.2 Å². The number of hydrogen-bond acceptors (Lipinski definition) is 6. The quantitative estimate of drug-likeness (QED) is 0.487. The maximum absolute atomic E-state index is 14.1. The van der Waals surface area contributed by atoms with E-state index in [9.17, 15) is 26.4 Å². The molecule has 0 aromatic heterocycles. The van der Waals surface area contributed by atoms with Gasteiger partial charge in [-0.3, -0.25) is 4.79 Å². The summed E-state index contributed by atoms with van der Waals surface area (Å²) in [5.41, 5.74) is 6.39. The molecule has 2 saturated heterocycles. The Morgan fingerprint density at radius 1 is 1.00 bits per heavy atom. The summed E-state index contributed by atoms with van der Waals surface area (Å²) in [7, 11) is -3.84. The van der Waals surface area contributed by atoms with Crippen molar-refractivity contribution in [3.8, 4) is 11.5 Å². The molecular weight excluding hydrogens is 523 g/mol. The molecule has 2 bridgehead atoms. The summed E-state index contributed by atoms with van der Waals surface area (Å²) in [4.78, 5) is 14.9. The zero-order chi connectivity index (χ0) is 27.0. The molecule has 8 nitrogen and oxygen atoms in total. The van der Waals surface area contributed by atoms with Crippen LogP contribution in [0.5, 0.6) is 11.5 Å². The molecular formula is C26H30F3N3O5S. The SMILES string of the molecule is N[C@H](Cc1cc(F)c(F)cc1F)[C@@H]1C[C@H]2CC[C@@H](C1)N2C(=O)CCNS(=O)(=O)c1ccc2c(c1)OCCO2. The zero-order valence-electron chi connectivity index (χ0n) is 20.7. The Kier molecular flexibility index (Phi) is 7.56. The minimum atomic E-state index is -3.84. The van der Waals surface area contributed by atoms with Crippen LogP contribution in [0.2, 0.25) is 0 Å². The Bertz CT molecular complexity index is 1310. The smallest absolute Gasteiger partial charge is 0.240 e. The van der Waals surface area contributed by atoms with Gasteiger partial charge in [0.05, 0.1) is 4.90 Å². The predicted molar refractivity (Wildman–Crippen MR) is 132 cm³/mol. The van der Waals surface area contributed by atoms with E-state index in [0.29, 0.717) is 43.6 Å². The van der Waals surface area contributed by atoms with E-state index in [1.807, 2.05) is 4.90 Å². The Morgan fingerprint density at radius 2 is 1.66 bits per heavy atom. The van der Waals surface area contributed by atoms with Crippen LogP contribution in [-0.4, -0.2) is 57.1 Å². The first-order chi connectivity index (χ1) is 18.1. The molecule has 0 aliphatic carbocycles. The van der Waals surface area contributed by atoms with Gasteiger partial charge in [0.1, 0.15) is 19.0 Å². The lowest BCUT2D eigenvalue weighted by molar-refractivity contribution is -0.136. The third-order valence-electron chi connectivity index (χ3n) is 7.66. The van der Waals surface area contributed by atoms with Crippen LogP contribution in [0.4, 0.5) is 13.2 Å². The van der Waals surface area contributed by atoms with Crippen molar-refractivity contribution in [2.75, 3.05) is 19.8 Å². The number of ether oxygens (including phenoxy) is 2. The Hall–Kier alpha value is -2.83. The van der Waals surface area contributed by atoms with Gasteiger partial charge in [0.2, 0.25) is 15.9 Å². The van der Waals surface area contributed by atoms with Crippen LogP contribution >= 0.6 is 0 Å². The van der Waals surface area contributed by atoms with E-state index in [2.05, 4.69) is 4.72 Å². The highest BCUT2D eigenvalue weighted by Crippen LogP contribution is 2.40. The van der Waals surface area contributed by atoms with E-state index in [0.717, 1.165) is 18.9 Å². The number of nitrogens with two attached hydrogens (primary N) is 1. The zero-order valence-corrected chi connectivity index (χ0v) is 21.5. The van der Waals surface area contributed by atoms with Crippen molar-refractivity contribution in [3.05, 3.63) is 53.3 Å². The van der Waals surface area contributed by atoms with Crippen molar-refractivity contribution < 1.29 is 35.9 Å². The highest BCUT2D eigenvalue weighted by atomic mass is 32.2. The van der Waals surface area contributed by atoms with Crippen molar-refractivity contribution in [2.45, 2.75) is 61.5 Å². The molecule has 5 rings (SSSR count). The lowest BCUT2D eigenvalue weighted by atomic mass is 9.82. The first-order valence-electron chi connectivity index (χ1n) is 12.7. The number of sulfonamides is 1. The second-order valence-electron chi connectivity index (χ2n) is 10.1. The molecule has 2 aromatic carbocycles. The van der Waals surface area contributed by atoms with Crippen molar-refractivity contribution in [3.63, 3.8) is 0 Å². The lowest BCUT2D eigenvalue weighted by Crippen LogP contribution is -2.50. The van der Waals surface area contributed by atoms with Crippen LogP contribution in [0, 0.1) is 23.4 Å². The number of carbonyl (C=O) groups excluding carboxylic acids is 1. The number of nitrogens with zero attached hydrogens (tertiary/aromatic N) is 1. The molecule has 2 aromatic rings. The van der Waals surface area contributed by atoms with E-state index in [4.69, 9.17) is 15.2 Å². The average Bonchev–Trinajstić information content (AvgIpc) is 3.15. The number of halogens is 3. The summed E-state index contributed by atoms with van der Waals surface area (Å²) >= 11 is 0. The molecule has 3 heterocycles. The normalized spacial score (nSPS) is 23.4. The number of nitrogens with one attached hydrogen (secondary N) is 1. The Balaban J connectivity index is 1.15. The van der Waals surface area contributed by atoms with Crippen LogP contribution in [0.25, 0.3) is 0 Å². The van der Waals surface area contributed by atoms with Crippen molar-refractivity contribution >= 4 is 15.9 Å². The first-order valence-corrected chi connectivity index (χ1v) is 14.2. The van der Waals surface area contributed by atoms with Gasteiger partial charge in [-0.2, -0.15) is 0 Å². The topological polar surface area (TPSA) is 111 Å². The number of hydrogen-bond donors (Lipinski definition) is 2. The van der Waals surface area contributed by atoms with E-state index in [1.165, 1.54) is 12.1 Å². The number of carbonyl (C=O) groups is 1. The van der Waals surface area contributed by atoms with Gasteiger partial charge in [0.25, 0.3) is 0 Å². The maximum Gasteiger partial charge on any atom is 0.240 e. The monoisotopic (exact) mass is 553 g/mol.